The molecule has 0 unspecified atom stereocenters. The fourth-order valence-corrected chi connectivity index (χ4v) is 2.53. The Morgan fingerprint density at radius 2 is 1.83 bits per heavy atom. The summed E-state index contributed by atoms with van der Waals surface area (Å²) in [6, 6.07) is 13.6. The van der Waals surface area contributed by atoms with E-state index in [1.807, 2.05) is 48.7 Å². The van der Waals surface area contributed by atoms with E-state index in [2.05, 4.69) is 9.55 Å². The molecule has 0 amide bonds. The lowest BCUT2D eigenvalue weighted by Crippen LogP contribution is -2.04. The number of anilines is 1. The van der Waals surface area contributed by atoms with E-state index in [0.29, 0.717) is 18.0 Å². The number of rotatable bonds is 5. The van der Waals surface area contributed by atoms with Crippen molar-refractivity contribution in [1.82, 2.24) is 9.55 Å². The predicted molar refractivity (Wildman–Crippen MR) is 90.7 cm³/mol. The van der Waals surface area contributed by atoms with Crippen LogP contribution in [-0.2, 0) is 6.54 Å². The van der Waals surface area contributed by atoms with Crippen LogP contribution in [0.3, 0.4) is 0 Å². The highest BCUT2D eigenvalue weighted by Crippen LogP contribution is 2.32. The van der Waals surface area contributed by atoms with Crippen molar-refractivity contribution in [2.75, 3.05) is 20.0 Å². The molecule has 3 aromatic rings. The van der Waals surface area contributed by atoms with E-state index in [1.54, 1.807) is 20.4 Å². The van der Waals surface area contributed by atoms with Gasteiger partial charge >= 0.3 is 0 Å². The predicted octanol–water partition coefficient (Wildman–Crippen LogP) is 3.20. The van der Waals surface area contributed by atoms with Crippen LogP contribution in [0, 0.1) is 0 Å². The van der Waals surface area contributed by atoms with Gasteiger partial charge in [-0.15, -0.1) is 0 Å². The van der Waals surface area contributed by atoms with Crippen molar-refractivity contribution >= 4 is 5.69 Å². The maximum absolute atomic E-state index is 6.04. The Hall–Kier alpha value is -2.95. The maximum atomic E-state index is 6.04. The van der Waals surface area contributed by atoms with Crippen LogP contribution in [0.1, 0.15) is 5.56 Å². The van der Waals surface area contributed by atoms with Gasteiger partial charge in [-0.2, -0.15) is 0 Å². The summed E-state index contributed by atoms with van der Waals surface area (Å²) in [5.74, 6) is 2.23. The van der Waals surface area contributed by atoms with Gasteiger partial charge in [0.15, 0.2) is 11.5 Å². The fraction of sp³-hybridized carbons (Fsp3) is 0.167. The molecular formula is C18H19N3O2. The Labute approximate surface area is 135 Å². The number of methoxy groups -OCH3 is 2. The van der Waals surface area contributed by atoms with Gasteiger partial charge in [0.2, 0.25) is 0 Å². The molecule has 118 valence electrons. The lowest BCUT2D eigenvalue weighted by atomic mass is 10.1. The molecule has 0 saturated heterocycles. The molecule has 0 aliphatic carbocycles. The van der Waals surface area contributed by atoms with Crippen LogP contribution in [0.15, 0.2) is 54.9 Å². The average Bonchev–Trinajstić information content (AvgIpc) is 3.04. The van der Waals surface area contributed by atoms with Crippen molar-refractivity contribution < 1.29 is 9.47 Å². The summed E-state index contributed by atoms with van der Waals surface area (Å²) in [6.07, 6.45) is 3.73. The Balaban J connectivity index is 1.97. The number of imidazole rings is 1. The largest absolute Gasteiger partial charge is 0.493 e. The Bertz CT molecular complexity index is 812. The minimum absolute atomic E-state index is 0.663. The van der Waals surface area contributed by atoms with Crippen LogP contribution in [0.5, 0.6) is 11.5 Å². The van der Waals surface area contributed by atoms with Gasteiger partial charge in [0, 0.05) is 23.6 Å². The van der Waals surface area contributed by atoms with Gasteiger partial charge in [-0.1, -0.05) is 18.2 Å². The molecular weight excluding hydrogens is 290 g/mol. The van der Waals surface area contributed by atoms with Crippen molar-refractivity contribution in [2.45, 2.75) is 6.54 Å². The van der Waals surface area contributed by atoms with Gasteiger partial charge in [0.1, 0.15) is 5.82 Å². The Kier molecular flexibility index (Phi) is 4.19. The van der Waals surface area contributed by atoms with Gasteiger partial charge < -0.3 is 19.8 Å². The first kappa shape index (κ1) is 15.0. The minimum atomic E-state index is 0.663. The summed E-state index contributed by atoms with van der Waals surface area (Å²) in [5.41, 5.74) is 8.84. The molecule has 0 aliphatic heterocycles. The summed E-state index contributed by atoms with van der Waals surface area (Å²) in [5, 5.41) is 0. The number of hydrogen-bond acceptors (Lipinski definition) is 4. The number of ether oxygens (including phenoxy) is 2. The van der Waals surface area contributed by atoms with Crippen molar-refractivity contribution in [3.05, 3.63) is 60.4 Å². The summed E-state index contributed by atoms with van der Waals surface area (Å²) < 4.78 is 12.7. The molecule has 0 fully saturated rings. The van der Waals surface area contributed by atoms with E-state index in [4.69, 9.17) is 15.2 Å². The van der Waals surface area contributed by atoms with E-state index in [-0.39, 0.29) is 0 Å². The van der Waals surface area contributed by atoms with Crippen molar-refractivity contribution in [1.29, 1.82) is 0 Å². The van der Waals surface area contributed by atoms with Gasteiger partial charge in [-0.3, -0.25) is 0 Å². The topological polar surface area (TPSA) is 62.3 Å². The smallest absolute Gasteiger partial charge is 0.161 e. The number of aromatic nitrogens is 2. The maximum Gasteiger partial charge on any atom is 0.161 e. The summed E-state index contributed by atoms with van der Waals surface area (Å²) in [6.45, 7) is 0.663. The van der Waals surface area contributed by atoms with Crippen molar-refractivity contribution in [2.24, 2.45) is 0 Å². The highest BCUT2D eigenvalue weighted by Gasteiger charge is 2.11. The molecule has 2 N–H and O–H groups in total. The van der Waals surface area contributed by atoms with Gasteiger partial charge in [-0.05, 0) is 29.8 Å². The van der Waals surface area contributed by atoms with Gasteiger partial charge in [0.25, 0.3) is 0 Å². The van der Waals surface area contributed by atoms with E-state index in [9.17, 15) is 0 Å². The molecule has 5 heteroatoms. The quantitative estimate of drug-likeness (QED) is 0.735. The molecule has 2 aromatic carbocycles. The number of hydrogen-bond donors (Lipinski definition) is 1. The number of para-hydroxylation sites is 1. The second-order valence-corrected chi connectivity index (χ2v) is 5.15. The molecule has 0 aliphatic rings. The van der Waals surface area contributed by atoms with Crippen molar-refractivity contribution in [3.8, 4) is 22.9 Å². The first-order valence-corrected chi connectivity index (χ1v) is 7.30. The standard InChI is InChI=1S/C18H19N3O2/c1-22-16-8-7-13(11-17(16)23-2)18-20-9-10-21(18)12-14-5-3-4-6-15(14)19/h3-11H,12,19H2,1-2H3. The van der Waals surface area contributed by atoms with Crippen LogP contribution in [0.25, 0.3) is 11.4 Å². The normalized spacial score (nSPS) is 10.5. The van der Waals surface area contributed by atoms with Gasteiger partial charge in [-0.25, -0.2) is 4.98 Å². The number of nitrogens with two attached hydrogens (primary N) is 1. The second-order valence-electron chi connectivity index (χ2n) is 5.15. The van der Waals surface area contributed by atoms with Crippen LogP contribution >= 0.6 is 0 Å². The SMILES string of the molecule is COc1ccc(-c2nccn2Cc2ccccc2N)cc1OC. The zero-order chi connectivity index (χ0) is 16.2. The zero-order valence-corrected chi connectivity index (χ0v) is 13.2. The summed E-state index contributed by atoms with van der Waals surface area (Å²) in [7, 11) is 3.25. The first-order valence-electron chi connectivity index (χ1n) is 7.30. The van der Waals surface area contributed by atoms with E-state index in [0.717, 1.165) is 22.6 Å². The second kappa shape index (κ2) is 6.44. The highest BCUT2D eigenvalue weighted by molar-refractivity contribution is 5.62. The third kappa shape index (κ3) is 2.99. The summed E-state index contributed by atoms with van der Waals surface area (Å²) in [4.78, 5) is 4.47. The average molecular weight is 309 g/mol. The van der Waals surface area contributed by atoms with E-state index >= 15 is 0 Å². The zero-order valence-electron chi connectivity index (χ0n) is 13.2. The third-order valence-electron chi connectivity index (χ3n) is 3.75. The lowest BCUT2D eigenvalue weighted by molar-refractivity contribution is 0.355. The Morgan fingerprint density at radius 3 is 2.57 bits per heavy atom. The summed E-state index contributed by atoms with van der Waals surface area (Å²) >= 11 is 0. The highest BCUT2D eigenvalue weighted by atomic mass is 16.5. The Morgan fingerprint density at radius 1 is 1.04 bits per heavy atom. The van der Waals surface area contributed by atoms with E-state index < -0.39 is 0 Å². The molecule has 0 bridgehead atoms. The van der Waals surface area contributed by atoms with Gasteiger partial charge in [0.05, 0.1) is 20.8 Å². The molecule has 5 nitrogen and oxygen atoms in total. The fourth-order valence-electron chi connectivity index (χ4n) is 2.53. The van der Waals surface area contributed by atoms with Crippen molar-refractivity contribution in [3.63, 3.8) is 0 Å². The van der Waals surface area contributed by atoms with Crippen LogP contribution < -0.4 is 15.2 Å². The van der Waals surface area contributed by atoms with Crippen LogP contribution in [-0.4, -0.2) is 23.8 Å². The molecule has 0 spiro atoms. The number of nitrogen functional groups attached to an aromatic ring is 1. The van der Waals surface area contributed by atoms with Crippen LogP contribution in [0.4, 0.5) is 5.69 Å². The number of benzene rings is 2. The molecule has 23 heavy (non-hydrogen) atoms. The number of nitrogens with zero attached hydrogens (tertiary/aromatic N) is 2. The molecule has 1 heterocycles. The first-order chi connectivity index (χ1) is 11.2. The minimum Gasteiger partial charge on any atom is -0.493 e. The van der Waals surface area contributed by atoms with E-state index in [1.165, 1.54) is 0 Å². The molecule has 1 aromatic heterocycles. The molecule has 0 saturated carbocycles. The molecule has 0 atom stereocenters. The monoisotopic (exact) mass is 309 g/mol. The molecule has 0 radical (unpaired) electrons. The third-order valence-corrected chi connectivity index (χ3v) is 3.75. The molecule has 3 rings (SSSR count). The lowest BCUT2D eigenvalue weighted by Gasteiger charge is -2.12. The van der Waals surface area contributed by atoms with Crippen LogP contribution in [0.2, 0.25) is 0 Å².